The number of likely N-dealkylation sites (tertiary alicyclic amines) is 1. The molecule has 7 heavy (non-hydrogen) atoms. The minimum Gasteiger partial charge on any atom is -0.378 e. The number of rotatable bonds is 1. The Hall–Kier alpha value is -0.460. The van der Waals surface area contributed by atoms with E-state index in [1.54, 1.807) is 0 Å². The minimum absolute atomic E-state index is 1.27. The van der Waals surface area contributed by atoms with Crippen LogP contribution < -0.4 is 0 Å². The molecule has 1 fully saturated rings. The van der Waals surface area contributed by atoms with Crippen molar-refractivity contribution in [2.75, 3.05) is 13.1 Å². The summed E-state index contributed by atoms with van der Waals surface area (Å²) in [5, 5.41) is 0. The lowest BCUT2D eigenvalue weighted by atomic mass is 10.2. The first-order valence-corrected chi connectivity index (χ1v) is 2.80. The van der Waals surface area contributed by atoms with Gasteiger partial charge in [0.05, 0.1) is 0 Å². The van der Waals surface area contributed by atoms with Gasteiger partial charge in [-0.1, -0.05) is 6.08 Å². The maximum absolute atomic E-state index is 2.31. The van der Waals surface area contributed by atoms with Gasteiger partial charge in [-0.25, -0.2) is 0 Å². The van der Waals surface area contributed by atoms with Gasteiger partial charge in [0, 0.05) is 13.1 Å². The summed E-state index contributed by atoms with van der Waals surface area (Å²) in [4.78, 5) is 2.31. The molecular weight excluding hydrogens is 86.1 g/mol. The van der Waals surface area contributed by atoms with Gasteiger partial charge in [-0.2, -0.15) is 0 Å². The minimum atomic E-state index is 1.27. The van der Waals surface area contributed by atoms with Gasteiger partial charge in [-0.3, -0.25) is 0 Å². The van der Waals surface area contributed by atoms with Crippen molar-refractivity contribution in [1.29, 1.82) is 0 Å². The van der Waals surface area contributed by atoms with Crippen LogP contribution >= 0.6 is 0 Å². The molecule has 0 bridgehead atoms. The Morgan fingerprint density at radius 3 is 2.29 bits per heavy atom. The van der Waals surface area contributed by atoms with Gasteiger partial charge < -0.3 is 4.90 Å². The molecule has 0 unspecified atom stereocenters. The fourth-order valence-corrected chi connectivity index (χ4v) is 0.701. The molecular formula is C6H11N. The molecule has 0 aliphatic carbocycles. The molecule has 1 rings (SSSR count). The Kier molecular flexibility index (Phi) is 1.35. The van der Waals surface area contributed by atoms with E-state index in [1.165, 1.54) is 19.5 Å². The van der Waals surface area contributed by atoms with Gasteiger partial charge >= 0.3 is 0 Å². The van der Waals surface area contributed by atoms with Gasteiger partial charge in [0.15, 0.2) is 0 Å². The molecule has 0 radical (unpaired) electrons. The summed E-state index contributed by atoms with van der Waals surface area (Å²) >= 11 is 0. The third-order valence-electron chi connectivity index (χ3n) is 1.25. The van der Waals surface area contributed by atoms with Crippen LogP contribution in [0.25, 0.3) is 0 Å². The van der Waals surface area contributed by atoms with Crippen LogP contribution in [0.1, 0.15) is 13.3 Å². The number of hydrogen-bond acceptors (Lipinski definition) is 1. The Labute approximate surface area is 44.6 Å². The van der Waals surface area contributed by atoms with Gasteiger partial charge in [-0.15, -0.1) is 0 Å². The largest absolute Gasteiger partial charge is 0.378 e. The zero-order valence-electron chi connectivity index (χ0n) is 4.72. The molecule has 0 spiro atoms. The molecule has 0 amide bonds. The Morgan fingerprint density at radius 1 is 1.43 bits per heavy atom. The van der Waals surface area contributed by atoms with Crippen LogP contribution in [0.4, 0.5) is 0 Å². The fourth-order valence-electron chi connectivity index (χ4n) is 0.701. The standard InChI is InChI=1S/C6H11N/c1-2-4-7-5-3-6-7/h2,4H,3,5-6H2,1H3/b4-2+. The van der Waals surface area contributed by atoms with Crippen LogP contribution in [-0.4, -0.2) is 18.0 Å². The zero-order valence-corrected chi connectivity index (χ0v) is 4.72. The van der Waals surface area contributed by atoms with E-state index in [2.05, 4.69) is 24.1 Å². The zero-order chi connectivity index (χ0) is 5.11. The summed E-state index contributed by atoms with van der Waals surface area (Å²) in [5.74, 6) is 0. The predicted octanol–water partition coefficient (Wildman–Crippen LogP) is 1.23. The predicted molar refractivity (Wildman–Crippen MR) is 31.0 cm³/mol. The van der Waals surface area contributed by atoms with Crippen molar-refractivity contribution in [2.45, 2.75) is 13.3 Å². The van der Waals surface area contributed by atoms with Gasteiger partial charge in [-0.05, 0) is 19.5 Å². The maximum Gasteiger partial charge on any atom is 0.0189 e. The van der Waals surface area contributed by atoms with Crippen molar-refractivity contribution in [1.82, 2.24) is 4.90 Å². The monoisotopic (exact) mass is 97.1 g/mol. The first-order valence-electron chi connectivity index (χ1n) is 2.80. The third-order valence-corrected chi connectivity index (χ3v) is 1.25. The van der Waals surface area contributed by atoms with E-state index < -0.39 is 0 Å². The molecule has 0 aromatic heterocycles. The van der Waals surface area contributed by atoms with Crippen molar-refractivity contribution < 1.29 is 0 Å². The molecule has 1 heterocycles. The number of allylic oxidation sites excluding steroid dienone is 1. The van der Waals surface area contributed by atoms with Crippen LogP contribution in [0.5, 0.6) is 0 Å². The SMILES string of the molecule is C/C=C/N1CCC1. The summed E-state index contributed by atoms with van der Waals surface area (Å²) < 4.78 is 0. The highest BCUT2D eigenvalue weighted by atomic mass is 15.1. The first kappa shape index (κ1) is 4.69. The van der Waals surface area contributed by atoms with Crippen LogP contribution in [0.3, 0.4) is 0 Å². The molecule has 0 aromatic carbocycles. The molecule has 1 saturated heterocycles. The summed E-state index contributed by atoms with van der Waals surface area (Å²) in [6.07, 6.45) is 5.60. The van der Waals surface area contributed by atoms with E-state index in [9.17, 15) is 0 Å². The van der Waals surface area contributed by atoms with Crippen LogP contribution in [0.15, 0.2) is 12.3 Å². The molecule has 1 heteroatoms. The quantitative estimate of drug-likeness (QED) is 0.475. The molecule has 0 N–H and O–H groups in total. The Morgan fingerprint density at radius 2 is 2.14 bits per heavy atom. The molecule has 1 aliphatic rings. The summed E-state index contributed by atoms with van der Waals surface area (Å²) in [6, 6.07) is 0. The Bertz CT molecular complexity index is 72.2. The van der Waals surface area contributed by atoms with Crippen molar-refractivity contribution in [3.8, 4) is 0 Å². The second-order valence-corrected chi connectivity index (χ2v) is 1.87. The Balaban J connectivity index is 2.14. The van der Waals surface area contributed by atoms with Crippen molar-refractivity contribution in [3.05, 3.63) is 12.3 Å². The topological polar surface area (TPSA) is 3.24 Å². The molecule has 0 atom stereocenters. The van der Waals surface area contributed by atoms with Crippen molar-refractivity contribution in [3.63, 3.8) is 0 Å². The van der Waals surface area contributed by atoms with Crippen molar-refractivity contribution in [2.24, 2.45) is 0 Å². The fraction of sp³-hybridized carbons (Fsp3) is 0.667. The van der Waals surface area contributed by atoms with Gasteiger partial charge in [0.2, 0.25) is 0 Å². The highest BCUT2D eigenvalue weighted by Gasteiger charge is 2.06. The van der Waals surface area contributed by atoms with Crippen LogP contribution in [-0.2, 0) is 0 Å². The lowest BCUT2D eigenvalue weighted by Gasteiger charge is -2.28. The normalized spacial score (nSPS) is 20.4. The van der Waals surface area contributed by atoms with E-state index in [0.29, 0.717) is 0 Å². The summed E-state index contributed by atoms with van der Waals surface area (Å²) in [6.45, 7) is 4.59. The molecule has 1 aliphatic heterocycles. The lowest BCUT2D eigenvalue weighted by molar-refractivity contribution is 0.263. The summed E-state index contributed by atoms with van der Waals surface area (Å²) in [7, 11) is 0. The average molecular weight is 97.2 g/mol. The average Bonchev–Trinajstić information content (AvgIpc) is 1.55. The molecule has 1 nitrogen and oxygen atoms in total. The number of hydrogen-bond donors (Lipinski definition) is 0. The highest BCUT2D eigenvalue weighted by Crippen LogP contribution is 2.04. The van der Waals surface area contributed by atoms with E-state index in [-0.39, 0.29) is 0 Å². The van der Waals surface area contributed by atoms with E-state index >= 15 is 0 Å². The molecule has 0 aromatic rings. The van der Waals surface area contributed by atoms with Gasteiger partial charge in [0.25, 0.3) is 0 Å². The second-order valence-electron chi connectivity index (χ2n) is 1.87. The number of nitrogens with zero attached hydrogens (tertiary/aromatic N) is 1. The second kappa shape index (κ2) is 2.01. The summed E-state index contributed by atoms with van der Waals surface area (Å²) in [5.41, 5.74) is 0. The maximum atomic E-state index is 2.31. The lowest BCUT2D eigenvalue weighted by Crippen LogP contribution is -2.31. The van der Waals surface area contributed by atoms with Crippen LogP contribution in [0, 0.1) is 0 Å². The van der Waals surface area contributed by atoms with Crippen LogP contribution in [0.2, 0.25) is 0 Å². The van der Waals surface area contributed by atoms with E-state index in [1.807, 2.05) is 0 Å². The van der Waals surface area contributed by atoms with E-state index in [4.69, 9.17) is 0 Å². The van der Waals surface area contributed by atoms with E-state index in [0.717, 1.165) is 0 Å². The third kappa shape index (κ3) is 0.952. The molecule has 0 saturated carbocycles. The highest BCUT2D eigenvalue weighted by molar-refractivity contribution is 4.83. The van der Waals surface area contributed by atoms with Gasteiger partial charge in [0.1, 0.15) is 0 Å². The van der Waals surface area contributed by atoms with Crippen molar-refractivity contribution >= 4 is 0 Å². The smallest absolute Gasteiger partial charge is 0.0189 e. The first-order chi connectivity index (χ1) is 3.43. The molecule has 40 valence electrons.